The molecular formula is C23H30F3N3O3. The van der Waals surface area contributed by atoms with Gasteiger partial charge in [0.05, 0.1) is 18.7 Å². The zero-order valence-electron chi connectivity index (χ0n) is 18.4. The van der Waals surface area contributed by atoms with Gasteiger partial charge in [-0.25, -0.2) is 0 Å². The lowest BCUT2D eigenvalue weighted by molar-refractivity contribution is -0.275. The molecule has 0 saturated carbocycles. The first kappa shape index (κ1) is 22.9. The Labute approximate surface area is 186 Å². The molecule has 32 heavy (non-hydrogen) atoms. The highest BCUT2D eigenvalue weighted by Crippen LogP contribution is 2.41. The van der Waals surface area contributed by atoms with Gasteiger partial charge in [0, 0.05) is 43.0 Å². The maximum absolute atomic E-state index is 13.2. The summed E-state index contributed by atoms with van der Waals surface area (Å²) in [7, 11) is 1.61. The van der Waals surface area contributed by atoms with Crippen LogP contribution in [-0.2, 0) is 17.6 Å². The fourth-order valence-electron chi connectivity index (χ4n) is 4.54. The average Bonchev–Trinajstić information content (AvgIpc) is 3.42. The molecule has 4 rings (SSSR count). The number of nitrogens with zero attached hydrogens (tertiary/aromatic N) is 2. The predicted octanol–water partition coefficient (Wildman–Crippen LogP) is 4.55. The molecule has 1 aromatic carbocycles. The smallest absolute Gasteiger partial charge is 0.490 e. The molecule has 1 saturated heterocycles. The molecule has 2 heterocycles. The molecule has 1 aromatic heterocycles. The van der Waals surface area contributed by atoms with Crippen molar-refractivity contribution < 1.29 is 27.4 Å². The fourth-order valence-corrected chi connectivity index (χ4v) is 4.54. The number of pyridine rings is 1. The van der Waals surface area contributed by atoms with Crippen LogP contribution in [0, 0.1) is 0 Å². The highest BCUT2D eigenvalue weighted by molar-refractivity contribution is 5.96. The van der Waals surface area contributed by atoms with Crippen molar-refractivity contribution in [2.75, 3.05) is 51.8 Å². The molecule has 0 amide bonds. The third-order valence-corrected chi connectivity index (χ3v) is 5.99. The number of nitrogens with one attached hydrogen (secondary N) is 1. The molecule has 6 nitrogen and oxygen atoms in total. The molecule has 0 bridgehead atoms. The maximum atomic E-state index is 13.2. The van der Waals surface area contributed by atoms with Crippen LogP contribution in [0.5, 0.6) is 11.5 Å². The summed E-state index contributed by atoms with van der Waals surface area (Å²) in [6, 6.07) is 2.98. The number of methoxy groups -OCH3 is 1. The monoisotopic (exact) mass is 453 g/mol. The number of fused-ring (bicyclic) bond motifs is 2. The number of hydrogen-bond donors (Lipinski definition) is 1. The van der Waals surface area contributed by atoms with E-state index in [2.05, 4.69) is 15.0 Å². The van der Waals surface area contributed by atoms with Crippen molar-refractivity contribution in [3.8, 4) is 11.5 Å². The number of rotatable bonds is 10. The second-order valence-electron chi connectivity index (χ2n) is 8.30. The van der Waals surface area contributed by atoms with Crippen LogP contribution >= 0.6 is 0 Å². The second kappa shape index (κ2) is 10.1. The van der Waals surface area contributed by atoms with Crippen LogP contribution in [0.4, 0.5) is 18.9 Å². The van der Waals surface area contributed by atoms with Crippen LogP contribution < -0.4 is 14.8 Å². The van der Waals surface area contributed by atoms with E-state index in [-0.39, 0.29) is 11.5 Å². The number of hydrogen-bond acceptors (Lipinski definition) is 6. The molecule has 0 radical (unpaired) electrons. The third-order valence-electron chi connectivity index (χ3n) is 5.99. The molecule has 0 spiro atoms. The van der Waals surface area contributed by atoms with E-state index < -0.39 is 6.36 Å². The third kappa shape index (κ3) is 5.56. The number of aryl methyl sites for hydroxylation is 1. The van der Waals surface area contributed by atoms with E-state index in [0.717, 1.165) is 62.3 Å². The molecule has 2 aliphatic rings. The predicted molar refractivity (Wildman–Crippen MR) is 117 cm³/mol. The van der Waals surface area contributed by atoms with Crippen molar-refractivity contribution >= 4 is 16.6 Å². The Balaban J connectivity index is 1.62. The summed E-state index contributed by atoms with van der Waals surface area (Å²) < 4.78 is 54.7. The molecular weight excluding hydrogens is 423 g/mol. The van der Waals surface area contributed by atoms with Crippen molar-refractivity contribution in [2.45, 2.75) is 44.9 Å². The van der Waals surface area contributed by atoms with E-state index in [0.29, 0.717) is 30.7 Å². The first-order chi connectivity index (χ1) is 15.4. The molecule has 9 heteroatoms. The van der Waals surface area contributed by atoms with Gasteiger partial charge in [0.15, 0.2) is 11.5 Å². The number of anilines is 1. The van der Waals surface area contributed by atoms with Gasteiger partial charge in [0.25, 0.3) is 0 Å². The topological polar surface area (TPSA) is 55.8 Å². The Bertz CT molecular complexity index is 930. The minimum Gasteiger partial charge on any atom is -0.490 e. The van der Waals surface area contributed by atoms with E-state index in [4.69, 9.17) is 14.5 Å². The van der Waals surface area contributed by atoms with Crippen LogP contribution in [-0.4, -0.2) is 62.7 Å². The summed E-state index contributed by atoms with van der Waals surface area (Å²) in [4.78, 5) is 7.08. The minimum atomic E-state index is -4.81. The summed E-state index contributed by atoms with van der Waals surface area (Å²) in [5.74, 6) is -0.259. The van der Waals surface area contributed by atoms with Crippen LogP contribution in [0.25, 0.3) is 10.9 Å². The number of likely N-dealkylation sites (tertiary alicyclic amines) is 1. The lowest BCUT2D eigenvalue weighted by Gasteiger charge is -2.19. The summed E-state index contributed by atoms with van der Waals surface area (Å²) >= 11 is 0. The molecule has 2 aromatic rings. The Morgan fingerprint density at radius 2 is 1.88 bits per heavy atom. The number of alkyl halides is 3. The summed E-state index contributed by atoms with van der Waals surface area (Å²) in [6.07, 6.45) is 1.01. The molecule has 1 aliphatic heterocycles. The molecule has 0 atom stereocenters. The first-order valence-electron chi connectivity index (χ1n) is 11.3. The second-order valence-corrected chi connectivity index (χ2v) is 8.30. The Morgan fingerprint density at radius 1 is 1.06 bits per heavy atom. The molecule has 1 N–H and O–H groups in total. The van der Waals surface area contributed by atoms with Crippen molar-refractivity contribution in [1.82, 2.24) is 9.88 Å². The van der Waals surface area contributed by atoms with Crippen LogP contribution in [0.15, 0.2) is 12.1 Å². The van der Waals surface area contributed by atoms with Crippen LogP contribution in [0.3, 0.4) is 0 Å². The fraction of sp³-hybridized carbons (Fsp3) is 0.609. The summed E-state index contributed by atoms with van der Waals surface area (Å²) in [5.41, 5.74) is 3.47. The van der Waals surface area contributed by atoms with E-state index in [9.17, 15) is 13.2 Å². The highest BCUT2D eigenvalue weighted by Gasteiger charge is 2.33. The van der Waals surface area contributed by atoms with Gasteiger partial charge in [0.1, 0.15) is 0 Å². The number of aromatic nitrogens is 1. The lowest BCUT2D eigenvalue weighted by Crippen LogP contribution is -2.22. The zero-order chi connectivity index (χ0) is 22.6. The van der Waals surface area contributed by atoms with E-state index in [1.807, 2.05) is 0 Å². The lowest BCUT2D eigenvalue weighted by atomic mass is 10.1. The summed E-state index contributed by atoms with van der Waals surface area (Å²) in [5, 5.41) is 3.94. The Kier molecular flexibility index (Phi) is 7.25. The Hall–Kier alpha value is -2.26. The van der Waals surface area contributed by atoms with E-state index in [1.54, 1.807) is 13.2 Å². The van der Waals surface area contributed by atoms with Crippen molar-refractivity contribution in [3.05, 3.63) is 23.4 Å². The average molecular weight is 454 g/mol. The van der Waals surface area contributed by atoms with Gasteiger partial charge in [-0.1, -0.05) is 0 Å². The number of benzene rings is 1. The largest absolute Gasteiger partial charge is 0.573 e. The van der Waals surface area contributed by atoms with Gasteiger partial charge < -0.3 is 24.4 Å². The van der Waals surface area contributed by atoms with Gasteiger partial charge in [-0.2, -0.15) is 0 Å². The minimum absolute atomic E-state index is 0.0736. The SMILES string of the molecule is COCCNc1c2c(nc3cc(OCCCN4CCCC4)c(OC(F)(F)F)cc13)CCC2. The normalized spacial score (nSPS) is 16.5. The number of ether oxygens (including phenoxy) is 3. The quantitative estimate of drug-likeness (QED) is 0.533. The highest BCUT2D eigenvalue weighted by atomic mass is 19.4. The van der Waals surface area contributed by atoms with Crippen molar-refractivity contribution in [1.29, 1.82) is 0 Å². The molecule has 1 aliphatic carbocycles. The standard InChI is InChI=1S/C23H30F3N3O3/c1-30-13-8-27-22-16-6-4-7-18(16)28-19-15-20(21(14-17(19)22)32-23(24,25)26)31-12-5-11-29-9-2-3-10-29/h14-15H,2-13H2,1H3,(H,27,28). The van der Waals surface area contributed by atoms with Gasteiger partial charge in [0.2, 0.25) is 0 Å². The molecule has 176 valence electrons. The molecule has 1 fully saturated rings. The van der Waals surface area contributed by atoms with Crippen molar-refractivity contribution in [2.24, 2.45) is 0 Å². The first-order valence-corrected chi connectivity index (χ1v) is 11.3. The zero-order valence-corrected chi connectivity index (χ0v) is 18.4. The van der Waals surface area contributed by atoms with E-state index in [1.165, 1.54) is 18.9 Å². The maximum Gasteiger partial charge on any atom is 0.573 e. The van der Waals surface area contributed by atoms with Crippen LogP contribution in [0.2, 0.25) is 0 Å². The van der Waals surface area contributed by atoms with Crippen molar-refractivity contribution in [3.63, 3.8) is 0 Å². The molecule has 0 unspecified atom stereocenters. The van der Waals surface area contributed by atoms with Gasteiger partial charge in [-0.05, 0) is 63.2 Å². The number of halogens is 3. The summed E-state index contributed by atoms with van der Waals surface area (Å²) in [6.45, 7) is 4.38. The Morgan fingerprint density at radius 3 is 2.62 bits per heavy atom. The van der Waals surface area contributed by atoms with Gasteiger partial charge >= 0.3 is 6.36 Å². The van der Waals surface area contributed by atoms with Gasteiger partial charge in [-0.15, -0.1) is 13.2 Å². The van der Waals surface area contributed by atoms with Crippen LogP contribution in [0.1, 0.15) is 36.9 Å². The van der Waals surface area contributed by atoms with Gasteiger partial charge in [-0.3, -0.25) is 4.98 Å². The van der Waals surface area contributed by atoms with E-state index >= 15 is 0 Å².